The second-order valence-electron chi connectivity index (χ2n) is 7.88. The third kappa shape index (κ3) is 5.36. The number of nitrogens with one attached hydrogen (secondary N) is 1. The molecule has 0 saturated carbocycles. The molecule has 0 spiro atoms. The second kappa shape index (κ2) is 9.55. The van der Waals surface area contributed by atoms with Crippen molar-refractivity contribution in [3.05, 3.63) is 66.1 Å². The summed E-state index contributed by atoms with van der Waals surface area (Å²) in [5.41, 5.74) is 2.71. The number of rotatable bonds is 6. The summed E-state index contributed by atoms with van der Waals surface area (Å²) in [7, 11) is 0. The van der Waals surface area contributed by atoms with Crippen molar-refractivity contribution < 1.29 is 14.1 Å². The minimum absolute atomic E-state index is 0.0503. The van der Waals surface area contributed by atoms with Crippen LogP contribution in [-0.4, -0.2) is 39.9 Å². The molecular formula is C24H26N4O3. The summed E-state index contributed by atoms with van der Waals surface area (Å²) in [5.74, 6) is 1.18. The lowest BCUT2D eigenvalue weighted by Crippen LogP contribution is -2.39. The Morgan fingerprint density at radius 1 is 1.13 bits per heavy atom. The summed E-state index contributed by atoms with van der Waals surface area (Å²) in [6, 6.07) is 17.4. The molecule has 1 aromatic heterocycles. The summed E-state index contributed by atoms with van der Waals surface area (Å²) in [6.07, 6.45) is 3.10. The quantitative estimate of drug-likeness (QED) is 0.653. The first-order valence-corrected chi connectivity index (χ1v) is 10.6. The van der Waals surface area contributed by atoms with E-state index in [1.54, 1.807) is 12.1 Å². The first-order valence-electron chi connectivity index (χ1n) is 10.6. The Kier molecular flexibility index (Phi) is 6.40. The maximum absolute atomic E-state index is 12.7. The zero-order chi connectivity index (χ0) is 21.6. The van der Waals surface area contributed by atoms with Gasteiger partial charge in [0.1, 0.15) is 0 Å². The maximum atomic E-state index is 12.7. The number of carbonyl (C=O) groups excluding carboxylic acids is 2. The molecular weight excluding hydrogens is 392 g/mol. The summed E-state index contributed by atoms with van der Waals surface area (Å²) in [6.45, 7) is 2.85. The van der Waals surface area contributed by atoms with Crippen molar-refractivity contribution in [3.63, 3.8) is 0 Å². The maximum Gasteiger partial charge on any atom is 0.231 e. The molecule has 2 amide bonds. The molecule has 2 aromatic carbocycles. The standard InChI is InChI=1S/C24H26N4O3/c1-17(29)25-21-12-10-19(11-13-21)23-26-24(31-27-23)20-8-5-15-28(16-20)22(30)14-9-18-6-3-2-4-7-18/h2-4,6-7,10-13,20H,5,8-9,14-16H2,1H3,(H,25,29)/t20-/m0/s1. The molecule has 0 aliphatic carbocycles. The average molecular weight is 418 g/mol. The number of anilines is 1. The highest BCUT2D eigenvalue weighted by molar-refractivity contribution is 5.88. The number of aromatic nitrogens is 2. The van der Waals surface area contributed by atoms with Crippen LogP contribution in [0.25, 0.3) is 11.4 Å². The fourth-order valence-electron chi connectivity index (χ4n) is 3.88. The van der Waals surface area contributed by atoms with Crippen molar-refractivity contribution in [1.82, 2.24) is 15.0 Å². The summed E-state index contributed by atoms with van der Waals surface area (Å²) >= 11 is 0. The molecule has 7 nitrogen and oxygen atoms in total. The van der Waals surface area contributed by atoms with E-state index in [0.29, 0.717) is 24.7 Å². The molecule has 1 aliphatic heterocycles. The Balaban J connectivity index is 1.37. The Labute approximate surface area is 181 Å². The summed E-state index contributed by atoms with van der Waals surface area (Å²) in [4.78, 5) is 30.4. The van der Waals surface area contributed by atoms with Crippen molar-refractivity contribution in [2.45, 2.75) is 38.5 Å². The molecule has 2 heterocycles. The number of amides is 2. The minimum atomic E-state index is -0.116. The molecule has 0 unspecified atom stereocenters. The lowest BCUT2D eigenvalue weighted by atomic mass is 9.97. The van der Waals surface area contributed by atoms with Gasteiger partial charge in [0.25, 0.3) is 0 Å². The zero-order valence-electron chi connectivity index (χ0n) is 17.6. The molecule has 1 saturated heterocycles. The third-order valence-electron chi connectivity index (χ3n) is 5.50. The molecule has 1 N–H and O–H groups in total. The van der Waals surface area contributed by atoms with Gasteiger partial charge in [0.05, 0.1) is 5.92 Å². The lowest BCUT2D eigenvalue weighted by molar-refractivity contribution is -0.132. The molecule has 7 heteroatoms. The van der Waals surface area contributed by atoms with Crippen LogP contribution in [0.3, 0.4) is 0 Å². The normalized spacial score (nSPS) is 16.2. The highest BCUT2D eigenvalue weighted by atomic mass is 16.5. The number of nitrogens with zero attached hydrogens (tertiary/aromatic N) is 3. The summed E-state index contributed by atoms with van der Waals surface area (Å²) in [5, 5.41) is 6.86. The predicted molar refractivity (Wildman–Crippen MR) is 117 cm³/mol. The molecule has 3 aromatic rings. The smallest absolute Gasteiger partial charge is 0.231 e. The van der Waals surface area contributed by atoms with Crippen LogP contribution < -0.4 is 5.32 Å². The van der Waals surface area contributed by atoms with E-state index in [9.17, 15) is 9.59 Å². The summed E-state index contributed by atoms with van der Waals surface area (Å²) < 4.78 is 5.54. The number of hydrogen-bond donors (Lipinski definition) is 1. The van der Waals surface area contributed by atoms with Crippen molar-refractivity contribution in [1.29, 1.82) is 0 Å². The monoisotopic (exact) mass is 418 g/mol. The number of likely N-dealkylation sites (tertiary alicyclic amines) is 1. The van der Waals surface area contributed by atoms with E-state index in [1.807, 2.05) is 35.2 Å². The lowest BCUT2D eigenvalue weighted by Gasteiger charge is -2.31. The molecule has 1 atom stereocenters. The molecule has 31 heavy (non-hydrogen) atoms. The van der Waals surface area contributed by atoms with Gasteiger partial charge in [0, 0.05) is 37.7 Å². The molecule has 4 rings (SSSR count). The van der Waals surface area contributed by atoms with Gasteiger partial charge < -0.3 is 14.7 Å². The number of hydrogen-bond acceptors (Lipinski definition) is 5. The fourth-order valence-corrected chi connectivity index (χ4v) is 3.88. The van der Waals surface area contributed by atoms with Gasteiger partial charge in [0.2, 0.25) is 23.5 Å². The van der Waals surface area contributed by atoms with E-state index in [-0.39, 0.29) is 17.7 Å². The van der Waals surface area contributed by atoms with Crippen LogP contribution in [0.15, 0.2) is 59.1 Å². The number of benzene rings is 2. The Hall–Kier alpha value is -3.48. The van der Waals surface area contributed by atoms with E-state index >= 15 is 0 Å². The first-order chi connectivity index (χ1) is 15.1. The highest BCUT2D eigenvalue weighted by Crippen LogP contribution is 2.28. The van der Waals surface area contributed by atoms with Crippen LogP contribution in [0, 0.1) is 0 Å². The van der Waals surface area contributed by atoms with Gasteiger partial charge in [0.15, 0.2) is 0 Å². The van der Waals surface area contributed by atoms with Crippen molar-refractivity contribution >= 4 is 17.5 Å². The molecule has 160 valence electrons. The van der Waals surface area contributed by atoms with E-state index < -0.39 is 0 Å². The average Bonchev–Trinajstić information content (AvgIpc) is 3.29. The highest BCUT2D eigenvalue weighted by Gasteiger charge is 2.28. The van der Waals surface area contributed by atoms with Crippen molar-refractivity contribution in [3.8, 4) is 11.4 Å². The van der Waals surface area contributed by atoms with Gasteiger partial charge in [-0.05, 0) is 49.1 Å². The molecule has 1 aliphatic rings. The number of piperidine rings is 1. The molecule has 0 bridgehead atoms. The zero-order valence-corrected chi connectivity index (χ0v) is 17.6. The van der Waals surface area contributed by atoms with Gasteiger partial charge in [-0.2, -0.15) is 4.98 Å². The molecule has 0 radical (unpaired) electrons. The van der Waals surface area contributed by atoms with Crippen LogP contribution >= 0.6 is 0 Å². The first kappa shape index (κ1) is 20.8. The third-order valence-corrected chi connectivity index (χ3v) is 5.50. The van der Waals surface area contributed by atoms with Crippen molar-refractivity contribution in [2.24, 2.45) is 0 Å². The van der Waals surface area contributed by atoms with E-state index in [2.05, 4.69) is 27.6 Å². The minimum Gasteiger partial charge on any atom is -0.342 e. The van der Waals surface area contributed by atoms with Crippen LogP contribution in [0.1, 0.15) is 43.6 Å². The van der Waals surface area contributed by atoms with Crippen molar-refractivity contribution in [2.75, 3.05) is 18.4 Å². The Morgan fingerprint density at radius 2 is 1.90 bits per heavy atom. The predicted octanol–water partition coefficient (Wildman–Crippen LogP) is 4.03. The topological polar surface area (TPSA) is 88.3 Å². The number of aryl methyl sites for hydroxylation is 1. The van der Waals surface area contributed by atoms with Crippen LogP contribution in [0.5, 0.6) is 0 Å². The van der Waals surface area contributed by atoms with Gasteiger partial charge in [-0.25, -0.2) is 0 Å². The Bertz CT molecular complexity index is 1030. The molecule has 1 fully saturated rings. The van der Waals surface area contributed by atoms with E-state index in [0.717, 1.165) is 37.1 Å². The van der Waals surface area contributed by atoms with Crippen LogP contribution in [0.4, 0.5) is 5.69 Å². The largest absolute Gasteiger partial charge is 0.342 e. The van der Waals surface area contributed by atoms with Gasteiger partial charge in [-0.3, -0.25) is 9.59 Å². The second-order valence-corrected chi connectivity index (χ2v) is 7.88. The Morgan fingerprint density at radius 3 is 2.65 bits per heavy atom. The number of carbonyl (C=O) groups is 2. The SMILES string of the molecule is CC(=O)Nc1ccc(-c2noc([C@H]3CCCN(C(=O)CCc4ccccc4)C3)n2)cc1. The van der Waals surface area contributed by atoms with Crippen LogP contribution in [-0.2, 0) is 16.0 Å². The van der Waals surface area contributed by atoms with Gasteiger partial charge >= 0.3 is 0 Å². The fraction of sp³-hybridized carbons (Fsp3) is 0.333. The van der Waals surface area contributed by atoms with Gasteiger partial charge in [-0.1, -0.05) is 35.5 Å². The van der Waals surface area contributed by atoms with Gasteiger partial charge in [-0.15, -0.1) is 0 Å². The van der Waals surface area contributed by atoms with E-state index in [4.69, 9.17) is 4.52 Å². The van der Waals surface area contributed by atoms with E-state index in [1.165, 1.54) is 12.5 Å². The van der Waals surface area contributed by atoms with Crippen LogP contribution in [0.2, 0.25) is 0 Å².